The number of anilines is 1. The van der Waals surface area contributed by atoms with E-state index in [1.54, 1.807) is 62.1 Å². The molecule has 38 heavy (non-hydrogen) atoms. The van der Waals surface area contributed by atoms with Gasteiger partial charge in [-0.1, -0.05) is 12.1 Å². The topological polar surface area (TPSA) is 168 Å². The van der Waals surface area contributed by atoms with E-state index < -0.39 is 23.6 Å². The van der Waals surface area contributed by atoms with Crippen molar-refractivity contribution in [3.05, 3.63) is 59.7 Å². The molecular formula is C26H31N7O5. The highest BCUT2D eigenvalue weighted by Gasteiger charge is 2.37. The van der Waals surface area contributed by atoms with Crippen molar-refractivity contribution >= 4 is 23.7 Å². The van der Waals surface area contributed by atoms with Gasteiger partial charge in [0.05, 0.1) is 13.2 Å². The zero-order valence-electron chi connectivity index (χ0n) is 21.7. The molecule has 0 unspecified atom stereocenters. The second-order valence-corrected chi connectivity index (χ2v) is 9.85. The zero-order chi connectivity index (χ0) is 27.6. The molecule has 1 aliphatic heterocycles. The lowest BCUT2D eigenvalue weighted by Gasteiger charge is -2.28. The first-order valence-corrected chi connectivity index (χ1v) is 12.1. The third-order valence-electron chi connectivity index (χ3n) is 5.98. The van der Waals surface area contributed by atoms with Crippen LogP contribution in [0.25, 0.3) is 11.3 Å². The number of nitrogens with one attached hydrogen (secondary N) is 1. The molecule has 12 nitrogen and oxygen atoms in total. The normalized spacial score (nSPS) is 15.3. The van der Waals surface area contributed by atoms with Crippen LogP contribution in [0.4, 0.5) is 10.6 Å². The van der Waals surface area contributed by atoms with E-state index in [1.165, 1.54) is 13.3 Å². The van der Waals surface area contributed by atoms with Crippen LogP contribution >= 0.6 is 0 Å². The zero-order valence-corrected chi connectivity index (χ0v) is 21.7. The number of nitrogens with zero attached hydrogens (tertiary/aromatic N) is 4. The summed E-state index contributed by atoms with van der Waals surface area (Å²) in [4.78, 5) is 48.2. The number of amides is 3. The van der Waals surface area contributed by atoms with E-state index in [9.17, 15) is 14.4 Å². The number of nitrogens with two attached hydrogens (primary N) is 2. The molecule has 200 valence electrons. The van der Waals surface area contributed by atoms with Gasteiger partial charge in [0.25, 0.3) is 11.8 Å². The molecule has 1 aliphatic rings. The summed E-state index contributed by atoms with van der Waals surface area (Å²) in [6.07, 6.45) is 2.37. The van der Waals surface area contributed by atoms with Crippen LogP contribution in [0.15, 0.2) is 42.6 Å². The Morgan fingerprint density at radius 2 is 1.84 bits per heavy atom. The molecule has 1 fully saturated rings. The van der Waals surface area contributed by atoms with Gasteiger partial charge in [-0.15, -0.1) is 0 Å². The Morgan fingerprint density at radius 3 is 2.47 bits per heavy atom. The van der Waals surface area contributed by atoms with E-state index >= 15 is 0 Å². The molecule has 0 aliphatic carbocycles. The fourth-order valence-electron chi connectivity index (χ4n) is 4.27. The molecule has 0 spiro atoms. The summed E-state index contributed by atoms with van der Waals surface area (Å²) in [6, 6.07) is 9.26. The van der Waals surface area contributed by atoms with E-state index in [0.29, 0.717) is 41.5 Å². The van der Waals surface area contributed by atoms with Crippen LogP contribution in [-0.4, -0.2) is 56.7 Å². The average Bonchev–Trinajstić information content (AvgIpc) is 3.47. The predicted octanol–water partition coefficient (Wildman–Crippen LogP) is 3.09. The van der Waals surface area contributed by atoms with Gasteiger partial charge in [-0.25, -0.2) is 19.4 Å². The van der Waals surface area contributed by atoms with Gasteiger partial charge in [0, 0.05) is 29.9 Å². The number of methoxy groups -OCH3 is 1. The molecular weight excluding hydrogens is 490 g/mol. The molecule has 3 aromatic rings. The van der Waals surface area contributed by atoms with Crippen molar-refractivity contribution in [2.24, 2.45) is 5.73 Å². The first-order chi connectivity index (χ1) is 18.0. The van der Waals surface area contributed by atoms with Gasteiger partial charge in [0.2, 0.25) is 0 Å². The molecule has 12 heteroatoms. The Morgan fingerprint density at radius 1 is 1.13 bits per heavy atom. The maximum absolute atomic E-state index is 12.8. The Hall–Kier alpha value is -4.61. The number of carbonyl (C=O) groups is 3. The van der Waals surface area contributed by atoms with Crippen molar-refractivity contribution in [3.8, 4) is 17.0 Å². The predicted molar refractivity (Wildman–Crippen MR) is 140 cm³/mol. The van der Waals surface area contributed by atoms with Crippen LogP contribution < -0.4 is 21.6 Å². The number of nitrogen functional groups attached to an aromatic ring is 1. The van der Waals surface area contributed by atoms with E-state index in [1.807, 2.05) is 0 Å². The smallest absolute Gasteiger partial charge is 0.410 e. The number of benzene rings is 1. The summed E-state index contributed by atoms with van der Waals surface area (Å²) in [5.74, 6) is 6.37. The van der Waals surface area contributed by atoms with E-state index in [4.69, 9.17) is 21.1 Å². The third-order valence-corrected chi connectivity index (χ3v) is 5.98. The van der Waals surface area contributed by atoms with E-state index in [0.717, 1.165) is 11.1 Å². The van der Waals surface area contributed by atoms with Crippen LogP contribution in [0.3, 0.4) is 0 Å². The lowest BCUT2D eigenvalue weighted by atomic mass is 10.1. The third kappa shape index (κ3) is 5.53. The number of pyridine rings is 1. The minimum atomic E-state index is -0.769. The van der Waals surface area contributed by atoms with Crippen molar-refractivity contribution in [3.63, 3.8) is 0 Å². The van der Waals surface area contributed by atoms with Gasteiger partial charge in [0.1, 0.15) is 22.9 Å². The summed E-state index contributed by atoms with van der Waals surface area (Å²) >= 11 is 0. The van der Waals surface area contributed by atoms with Crippen LogP contribution in [0, 0.1) is 0 Å². The monoisotopic (exact) mass is 521 g/mol. The molecule has 0 bridgehead atoms. The Bertz CT molecular complexity index is 1360. The summed E-state index contributed by atoms with van der Waals surface area (Å²) in [6.45, 7) is 5.85. The molecule has 5 N–H and O–H groups in total. The molecule has 0 radical (unpaired) electrons. The van der Waals surface area contributed by atoms with Crippen LogP contribution in [-0.2, 0) is 4.74 Å². The van der Waals surface area contributed by atoms with Crippen molar-refractivity contribution in [1.82, 2.24) is 19.5 Å². The molecule has 4 rings (SSSR count). The minimum Gasteiger partial charge on any atom is -0.497 e. The molecule has 1 atom stereocenters. The van der Waals surface area contributed by atoms with Crippen molar-refractivity contribution in [2.75, 3.05) is 24.8 Å². The summed E-state index contributed by atoms with van der Waals surface area (Å²) in [5.41, 5.74) is 6.14. The first-order valence-electron chi connectivity index (χ1n) is 12.1. The van der Waals surface area contributed by atoms with Crippen LogP contribution in [0.5, 0.6) is 5.75 Å². The molecule has 1 aromatic carbocycles. The second-order valence-electron chi connectivity index (χ2n) is 9.85. The van der Waals surface area contributed by atoms with Gasteiger partial charge in [-0.2, -0.15) is 0 Å². The highest BCUT2D eigenvalue weighted by Crippen LogP contribution is 2.35. The van der Waals surface area contributed by atoms with Crippen LogP contribution in [0.2, 0.25) is 0 Å². The fourth-order valence-corrected chi connectivity index (χ4v) is 4.27. The van der Waals surface area contributed by atoms with Crippen molar-refractivity contribution in [2.45, 2.75) is 45.3 Å². The second kappa shape index (κ2) is 10.4. The Kier molecular flexibility index (Phi) is 7.24. The fraction of sp³-hybridized carbons (Fsp3) is 0.346. The number of hydrogen-bond donors (Lipinski definition) is 3. The van der Waals surface area contributed by atoms with Gasteiger partial charge in [-0.05, 0) is 51.8 Å². The van der Waals surface area contributed by atoms with E-state index in [-0.39, 0.29) is 17.3 Å². The van der Waals surface area contributed by atoms with Gasteiger partial charge in [0.15, 0.2) is 11.5 Å². The lowest BCUT2D eigenvalue weighted by Crippen LogP contribution is -2.38. The highest BCUT2D eigenvalue weighted by atomic mass is 16.6. The number of imidazole rings is 1. The van der Waals surface area contributed by atoms with Crippen LogP contribution in [0.1, 0.15) is 66.3 Å². The number of rotatable bonds is 6. The number of aromatic nitrogens is 3. The van der Waals surface area contributed by atoms with Gasteiger partial charge >= 0.3 is 6.09 Å². The van der Waals surface area contributed by atoms with Crippen molar-refractivity contribution < 1.29 is 23.9 Å². The SMILES string of the molecule is COc1ccnc(NC(=O)c2ccc(-c3nc([C@@H]4CCCN4C(=O)OC(C)(C)C)n(N)c3C(N)=O)cc2)c1. The number of ether oxygens (including phenoxy) is 2. The average molecular weight is 522 g/mol. The quantitative estimate of drug-likeness (QED) is 0.416. The Balaban J connectivity index is 1.61. The van der Waals surface area contributed by atoms with E-state index in [2.05, 4.69) is 15.3 Å². The number of primary amides is 1. The Labute approximate surface area is 219 Å². The summed E-state index contributed by atoms with van der Waals surface area (Å²) in [7, 11) is 1.52. The molecule has 1 saturated heterocycles. The standard InChI is InChI=1S/C26H31N7O5/c1-26(2,3)38-25(36)32-13-5-6-18(32)23-31-20(21(22(27)34)33(23)28)15-7-9-16(10-8-15)24(35)30-19-14-17(37-4)11-12-29-19/h7-12,14,18H,5-6,13,28H2,1-4H3,(H2,27,34)(H,29,30,35)/t18-/m0/s1. The van der Waals surface area contributed by atoms with Gasteiger partial charge < -0.3 is 26.4 Å². The van der Waals surface area contributed by atoms with Crippen molar-refractivity contribution in [1.29, 1.82) is 0 Å². The molecule has 2 aromatic heterocycles. The highest BCUT2D eigenvalue weighted by molar-refractivity contribution is 6.04. The summed E-state index contributed by atoms with van der Waals surface area (Å²) in [5, 5.41) is 2.71. The number of carbonyl (C=O) groups excluding carboxylic acids is 3. The lowest BCUT2D eigenvalue weighted by molar-refractivity contribution is 0.0217. The maximum Gasteiger partial charge on any atom is 0.410 e. The summed E-state index contributed by atoms with van der Waals surface area (Å²) < 4.78 is 11.8. The maximum atomic E-state index is 12.8. The first kappa shape index (κ1) is 26.5. The molecule has 0 saturated carbocycles. The minimum absolute atomic E-state index is 0.00572. The van der Waals surface area contributed by atoms with Gasteiger partial charge in [-0.3, -0.25) is 14.5 Å². The molecule has 3 heterocycles. The number of likely N-dealkylation sites (tertiary alicyclic amines) is 1. The number of hydrogen-bond acceptors (Lipinski definition) is 8. The molecule has 3 amide bonds. The largest absolute Gasteiger partial charge is 0.497 e.